The van der Waals surface area contributed by atoms with Crippen molar-refractivity contribution in [2.45, 2.75) is 58.0 Å². The average molecular weight is 432 g/mol. The zero-order valence-electron chi connectivity index (χ0n) is 18.8. The highest BCUT2D eigenvalue weighted by Gasteiger charge is 2.38. The summed E-state index contributed by atoms with van der Waals surface area (Å²) in [6, 6.07) is 4.78. The lowest BCUT2D eigenvalue weighted by Gasteiger charge is -2.25. The highest BCUT2D eigenvalue weighted by atomic mass is 16.5. The van der Waals surface area contributed by atoms with Crippen molar-refractivity contribution in [2.75, 3.05) is 25.7 Å². The van der Waals surface area contributed by atoms with Gasteiger partial charge in [0.15, 0.2) is 0 Å². The van der Waals surface area contributed by atoms with Gasteiger partial charge in [0, 0.05) is 25.1 Å². The van der Waals surface area contributed by atoms with E-state index in [4.69, 9.17) is 9.47 Å². The highest BCUT2D eigenvalue weighted by Crippen LogP contribution is 2.36. The normalized spacial score (nSPS) is 20.1. The summed E-state index contributed by atoms with van der Waals surface area (Å²) in [5.74, 6) is -0.0563. The van der Waals surface area contributed by atoms with Crippen LogP contribution < -0.4 is 25.0 Å². The number of nitrogens with one attached hydrogen (secondary N) is 2. The maximum atomic E-state index is 13.0. The second-order valence-electron chi connectivity index (χ2n) is 8.66. The predicted molar refractivity (Wildman–Crippen MR) is 117 cm³/mol. The molecule has 2 fully saturated rings. The number of hydrogen-bond donors (Lipinski definition) is 2. The van der Waals surface area contributed by atoms with E-state index < -0.39 is 12.0 Å². The number of nitrogens with zero attached hydrogens (tertiary/aromatic N) is 1. The molecule has 1 aromatic carbocycles. The third-order valence-corrected chi connectivity index (χ3v) is 6.12. The molecular formula is C23H33N3O5. The number of amides is 3. The quantitative estimate of drug-likeness (QED) is 0.658. The number of rotatable bonds is 8. The fourth-order valence-electron chi connectivity index (χ4n) is 4.29. The summed E-state index contributed by atoms with van der Waals surface area (Å²) in [5, 5.41) is 5.96. The van der Waals surface area contributed by atoms with Crippen LogP contribution in [0.2, 0.25) is 0 Å². The Bertz CT molecular complexity index is 819. The van der Waals surface area contributed by atoms with Gasteiger partial charge in [-0.15, -0.1) is 0 Å². The van der Waals surface area contributed by atoms with E-state index in [-0.39, 0.29) is 42.6 Å². The second kappa shape index (κ2) is 10.0. The van der Waals surface area contributed by atoms with Gasteiger partial charge in [-0.2, -0.15) is 0 Å². The fourth-order valence-corrected chi connectivity index (χ4v) is 4.29. The average Bonchev–Trinajstić information content (AvgIpc) is 3.40. The molecule has 8 nitrogen and oxygen atoms in total. The number of methoxy groups -OCH3 is 2. The van der Waals surface area contributed by atoms with Crippen molar-refractivity contribution in [3.05, 3.63) is 18.2 Å². The molecule has 31 heavy (non-hydrogen) atoms. The first-order chi connectivity index (χ1) is 14.8. The van der Waals surface area contributed by atoms with Crippen molar-refractivity contribution in [3.8, 4) is 11.5 Å². The van der Waals surface area contributed by atoms with Crippen molar-refractivity contribution in [2.24, 2.45) is 11.8 Å². The van der Waals surface area contributed by atoms with E-state index >= 15 is 0 Å². The van der Waals surface area contributed by atoms with Crippen LogP contribution in [0, 0.1) is 11.8 Å². The molecule has 0 spiro atoms. The molecule has 1 saturated heterocycles. The third-order valence-electron chi connectivity index (χ3n) is 6.12. The van der Waals surface area contributed by atoms with Crippen LogP contribution in [0.4, 0.5) is 5.69 Å². The van der Waals surface area contributed by atoms with Crippen molar-refractivity contribution in [3.63, 3.8) is 0 Å². The number of anilines is 1. The van der Waals surface area contributed by atoms with Crippen LogP contribution in [0.3, 0.4) is 0 Å². The molecule has 1 aliphatic carbocycles. The van der Waals surface area contributed by atoms with Crippen molar-refractivity contribution < 1.29 is 23.9 Å². The molecule has 2 N–H and O–H groups in total. The van der Waals surface area contributed by atoms with Crippen LogP contribution in [-0.4, -0.2) is 50.6 Å². The number of benzene rings is 1. The van der Waals surface area contributed by atoms with Gasteiger partial charge in [-0.25, -0.2) is 0 Å². The summed E-state index contributed by atoms with van der Waals surface area (Å²) in [7, 11) is 3.09. The first-order valence-corrected chi connectivity index (χ1v) is 11.0. The number of carbonyl (C=O) groups excluding carboxylic acids is 3. The number of carbonyl (C=O) groups is 3. The highest BCUT2D eigenvalue weighted by molar-refractivity contribution is 6.02. The summed E-state index contributed by atoms with van der Waals surface area (Å²) in [6.45, 7) is 4.04. The maximum Gasteiger partial charge on any atom is 0.243 e. The van der Waals surface area contributed by atoms with Gasteiger partial charge in [-0.1, -0.05) is 26.7 Å². The van der Waals surface area contributed by atoms with Crippen LogP contribution >= 0.6 is 0 Å². The van der Waals surface area contributed by atoms with Crippen molar-refractivity contribution >= 4 is 23.4 Å². The summed E-state index contributed by atoms with van der Waals surface area (Å²) < 4.78 is 10.7. The van der Waals surface area contributed by atoms with Crippen LogP contribution in [0.1, 0.15) is 46.0 Å². The molecule has 170 valence electrons. The standard InChI is InChI=1S/C23H33N3O5/c1-14(2)21(23(29)24-16-7-5-6-8-16)25-22(28)15-11-20(27)26(13-15)18-12-17(30-3)9-10-19(18)31-4/h9-10,12,14-16,21H,5-8,11,13H2,1-4H3,(H,24,29)(H,25,28). The largest absolute Gasteiger partial charge is 0.497 e. The van der Waals surface area contributed by atoms with E-state index in [2.05, 4.69) is 10.6 Å². The second-order valence-corrected chi connectivity index (χ2v) is 8.66. The Morgan fingerprint density at radius 3 is 2.45 bits per heavy atom. The molecule has 2 atom stereocenters. The molecule has 2 aliphatic rings. The molecule has 0 bridgehead atoms. The molecular weight excluding hydrogens is 398 g/mol. The third kappa shape index (κ3) is 5.29. The zero-order valence-corrected chi connectivity index (χ0v) is 18.8. The van der Waals surface area contributed by atoms with Crippen molar-refractivity contribution in [1.82, 2.24) is 10.6 Å². The summed E-state index contributed by atoms with van der Waals surface area (Å²) >= 11 is 0. The summed E-state index contributed by atoms with van der Waals surface area (Å²) in [4.78, 5) is 40.0. The molecule has 1 aliphatic heterocycles. The Hall–Kier alpha value is -2.77. The van der Waals surface area contributed by atoms with Gasteiger partial charge in [-0.05, 0) is 30.9 Å². The molecule has 1 saturated carbocycles. The molecule has 8 heteroatoms. The monoisotopic (exact) mass is 431 g/mol. The number of ether oxygens (including phenoxy) is 2. The van der Waals surface area contributed by atoms with Gasteiger partial charge in [0.25, 0.3) is 0 Å². The Morgan fingerprint density at radius 2 is 1.84 bits per heavy atom. The molecule has 1 heterocycles. The van der Waals surface area contributed by atoms with Gasteiger partial charge in [0.05, 0.1) is 25.8 Å². The Morgan fingerprint density at radius 1 is 1.13 bits per heavy atom. The fraction of sp³-hybridized carbons (Fsp3) is 0.609. The smallest absolute Gasteiger partial charge is 0.243 e. The summed E-state index contributed by atoms with van der Waals surface area (Å²) in [6.07, 6.45) is 4.30. The Labute approximate surface area is 183 Å². The maximum absolute atomic E-state index is 13.0. The lowest BCUT2D eigenvalue weighted by Crippen LogP contribution is -2.53. The minimum Gasteiger partial charge on any atom is -0.497 e. The first kappa shape index (κ1) is 22.9. The van der Waals surface area contributed by atoms with Crippen LogP contribution in [0.25, 0.3) is 0 Å². The minimum absolute atomic E-state index is 0.0583. The van der Waals surface area contributed by atoms with E-state index in [1.807, 2.05) is 13.8 Å². The molecule has 0 radical (unpaired) electrons. The Balaban J connectivity index is 1.68. The minimum atomic E-state index is -0.622. The van der Waals surface area contributed by atoms with Crippen LogP contribution in [0.5, 0.6) is 11.5 Å². The molecule has 0 aromatic heterocycles. The van der Waals surface area contributed by atoms with Gasteiger partial charge >= 0.3 is 0 Å². The molecule has 2 unspecified atom stereocenters. The van der Waals surface area contributed by atoms with Crippen LogP contribution in [0.15, 0.2) is 18.2 Å². The lowest BCUT2D eigenvalue weighted by molar-refractivity contribution is -0.132. The van der Waals surface area contributed by atoms with E-state index in [1.165, 1.54) is 7.11 Å². The predicted octanol–water partition coefficient (Wildman–Crippen LogP) is 2.26. The molecule has 1 aromatic rings. The van der Waals surface area contributed by atoms with E-state index in [0.717, 1.165) is 25.7 Å². The molecule has 3 rings (SSSR count). The molecule has 3 amide bonds. The van der Waals surface area contributed by atoms with Gasteiger partial charge in [0.2, 0.25) is 17.7 Å². The SMILES string of the molecule is COc1ccc(OC)c(N2CC(C(=O)NC(C(=O)NC3CCCC3)C(C)C)CC2=O)c1. The van der Waals surface area contributed by atoms with E-state index in [9.17, 15) is 14.4 Å². The lowest BCUT2D eigenvalue weighted by atomic mass is 10.0. The number of hydrogen-bond acceptors (Lipinski definition) is 5. The van der Waals surface area contributed by atoms with Gasteiger partial charge in [-0.3, -0.25) is 14.4 Å². The van der Waals surface area contributed by atoms with E-state index in [0.29, 0.717) is 17.2 Å². The van der Waals surface area contributed by atoms with Gasteiger partial charge in [0.1, 0.15) is 17.5 Å². The van der Waals surface area contributed by atoms with Crippen molar-refractivity contribution in [1.29, 1.82) is 0 Å². The van der Waals surface area contributed by atoms with Crippen LogP contribution in [-0.2, 0) is 14.4 Å². The topological polar surface area (TPSA) is 97.0 Å². The van der Waals surface area contributed by atoms with Gasteiger partial charge < -0.3 is 25.0 Å². The van der Waals surface area contributed by atoms with E-state index in [1.54, 1.807) is 30.2 Å². The first-order valence-electron chi connectivity index (χ1n) is 11.0. The zero-order chi connectivity index (χ0) is 22.5. The summed E-state index contributed by atoms with van der Waals surface area (Å²) in [5.41, 5.74) is 0.571. The Kier molecular flexibility index (Phi) is 7.41.